The summed E-state index contributed by atoms with van der Waals surface area (Å²) in [5.74, 6) is 0. The molecule has 0 aliphatic carbocycles. The van der Waals surface area contributed by atoms with Gasteiger partial charge in [-0.2, -0.15) is 0 Å². The van der Waals surface area contributed by atoms with E-state index >= 15 is 0 Å². The minimum Gasteiger partial charge on any atom is -1.00 e. The van der Waals surface area contributed by atoms with Gasteiger partial charge in [-0.05, 0) is 18.1 Å². The van der Waals surface area contributed by atoms with Crippen molar-refractivity contribution in [1.29, 1.82) is 0 Å². The number of hydrogen-bond acceptors (Lipinski definition) is 0. The molecule has 0 radical (unpaired) electrons. The van der Waals surface area contributed by atoms with Crippen LogP contribution < -0.4 is 17.0 Å². The molecule has 0 atom stereocenters. The fourth-order valence-electron chi connectivity index (χ4n) is 1.01. The molecular formula is C10H13Cl2N. The van der Waals surface area contributed by atoms with Crippen molar-refractivity contribution >= 4 is 11.6 Å². The summed E-state index contributed by atoms with van der Waals surface area (Å²) in [5, 5.41) is 0. The number of pyridine rings is 1. The van der Waals surface area contributed by atoms with E-state index in [2.05, 4.69) is 36.0 Å². The Morgan fingerprint density at radius 2 is 2.00 bits per heavy atom. The quantitative estimate of drug-likeness (QED) is 0.590. The SMILES string of the molecule is CCc1cc[n+](C/C=C/Cl)cc1.[Cl-]. The maximum absolute atomic E-state index is 5.42. The molecule has 0 aliphatic rings. The highest BCUT2D eigenvalue weighted by Gasteiger charge is 1.95. The number of rotatable bonds is 3. The minimum atomic E-state index is 0. The fourth-order valence-corrected chi connectivity index (χ4v) is 1.09. The summed E-state index contributed by atoms with van der Waals surface area (Å²) in [6, 6.07) is 4.25. The second kappa shape index (κ2) is 6.93. The van der Waals surface area contributed by atoms with Crippen LogP contribution in [-0.4, -0.2) is 0 Å². The molecule has 0 aromatic carbocycles. The van der Waals surface area contributed by atoms with Gasteiger partial charge in [0.05, 0.1) is 0 Å². The van der Waals surface area contributed by atoms with Crippen molar-refractivity contribution in [3.63, 3.8) is 0 Å². The van der Waals surface area contributed by atoms with Crippen molar-refractivity contribution < 1.29 is 17.0 Å². The van der Waals surface area contributed by atoms with Gasteiger partial charge in [-0.3, -0.25) is 0 Å². The third-order valence-electron chi connectivity index (χ3n) is 1.77. The van der Waals surface area contributed by atoms with Gasteiger partial charge < -0.3 is 12.4 Å². The highest BCUT2D eigenvalue weighted by molar-refractivity contribution is 6.25. The zero-order valence-electron chi connectivity index (χ0n) is 7.58. The largest absolute Gasteiger partial charge is 1.00 e. The summed E-state index contributed by atoms with van der Waals surface area (Å²) in [7, 11) is 0. The number of hydrogen-bond donors (Lipinski definition) is 0. The lowest BCUT2D eigenvalue weighted by molar-refractivity contribution is -0.687. The molecule has 0 aliphatic heterocycles. The lowest BCUT2D eigenvalue weighted by Gasteiger charge is -1.93. The zero-order valence-corrected chi connectivity index (χ0v) is 9.09. The highest BCUT2D eigenvalue weighted by atomic mass is 35.5. The first-order chi connectivity index (χ1) is 5.86. The average molecular weight is 218 g/mol. The molecule has 0 N–H and O–H groups in total. The molecule has 1 rings (SSSR count). The van der Waals surface area contributed by atoms with E-state index in [0.29, 0.717) is 0 Å². The normalized spacial score (nSPS) is 10.0. The molecule has 13 heavy (non-hydrogen) atoms. The molecule has 1 aromatic rings. The van der Waals surface area contributed by atoms with E-state index in [9.17, 15) is 0 Å². The van der Waals surface area contributed by atoms with Crippen LogP contribution in [0, 0.1) is 0 Å². The van der Waals surface area contributed by atoms with Crippen molar-refractivity contribution in [3.05, 3.63) is 41.7 Å². The lowest BCUT2D eigenvalue weighted by Crippen LogP contribution is -3.00. The van der Waals surface area contributed by atoms with Crippen molar-refractivity contribution in [2.24, 2.45) is 0 Å². The molecule has 1 aromatic heterocycles. The van der Waals surface area contributed by atoms with Crippen LogP contribution in [0.4, 0.5) is 0 Å². The van der Waals surface area contributed by atoms with Gasteiger partial charge in [0.1, 0.15) is 0 Å². The first kappa shape index (κ1) is 12.5. The summed E-state index contributed by atoms with van der Waals surface area (Å²) in [6.07, 6.45) is 7.13. The van der Waals surface area contributed by atoms with Gasteiger partial charge in [-0.25, -0.2) is 4.57 Å². The number of halogens is 2. The maximum Gasteiger partial charge on any atom is 0.169 e. The van der Waals surface area contributed by atoms with Crippen molar-refractivity contribution in [1.82, 2.24) is 0 Å². The van der Waals surface area contributed by atoms with Crippen LogP contribution in [0.5, 0.6) is 0 Å². The van der Waals surface area contributed by atoms with E-state index in [4.69, 9.17) is 11.6 Å². The molecular weight excluding hydrogens is 205 g/mol. The molecule has 1 heterocycles. The summed E-state index contributed by atoms with van der Waals surface area (Å²) >= 11 is 5.42. The Balaban J connectivity index is 0.00000144. The van der Waals surface area contributed by atoms with Gasteiger partial charge in [-0.15, -0.1) is 0 Å². The summed E-state index contributed by atoms with van der Waals surface area (Å²) in [4.78, 5) is 0. The Bertz CT molecular complexity index is 254. The molecule has 0 saturated heterocycles. The van der Waals surface area contributed by atoms with E-state index < -0.39 is 0 Å². The van der Waals surface area contributed by atoms with Crippen LogP contribution in [0.1, 0.15) is 12.5 Å². The summed E-state index contributed by atoms with van der Waals surface area (Å²) in [6.45, 7) is 2.99. The Labute approximate surface area is 90.5 Å². The first-order valence-corrected chi connectivity index (χ1v) is 4.53. The fraction of sp³-hybridized carbons (Fsp3) is 0.300. The lowest BCUT2D eigenvalue weighted by atomic mass is 10.2. The highest BCUT2D eigenvalue weighted by Crippen LogP contribution is 1.94. The van der Waals surface area contributed by atoms with Crippen LogP contribution in [0.15, 0.2) is 36.1 Å². The van der Waals surface area contributed by atoms with Crippen LogP contribution in [0.3, 0.4) is 0 Å². The van der Waals surface area contributed by atoms with Crippen molar-refractivity contribution in [2.45, 2.75) is 19.9 Å². The molecule has 0 saturated carbocycles. The van der Waals surface area contributed by atoms with E-state index in [1.165, 1.54) is 5.56 Å². The smallest absolute Gasteiger partial charge is 0.169 e. The predicted molar refractivity (Wildman–Crippen MR) is 51.0 cm³/mol. The topological polar surface area (TPSA) is 3.88 Å². The molecule has 3 heteroatoms. The molecule has 0 bridgehead atoms. The number of aryl methyl sites for hydroxylation is 1. The van der Waals surface area contributed by atoms with E-state index in [1.807, 2.05) is 6.08 Å². The standard InChI is InChI=1S/C10H13ClN.ClH/c1-2-10-4-8-12(9-5-10)7-3-6-11;/h3-6,8-9H,2,7H2,1H3;1H/q+1;/p-1/b6-3+;. The van der Waals surface area contributed by atoms with E-state index in [1.54, 1.807) is 5.54 Å². The van der Waals surface area contributed by atoms with Gasteiger partial charge >= 0.3 is 0 Å². The predicted octanol–water partition coefficient (Wildman–Crippen LogP) is -0.707. The van der Waals surface area contributed by atoms with Gasteiger partial charge in [0.15, 0.2) is 18.9 Å². The molecule has 0 amide bonds. The molecule has 0 spiro atoms. The third-order valence-corrected chi connectivity index (χ3v) is 1.95. The van der Waals surface area contributed by atoms with Crippen LogP contribution >= 0.6 is 11.6 Å². The average Bonchev–Trinajstić information content (AvgIpc) is 2.15. The molecule has 0 unspecified atom stereocenters. The minimum absolute atomic E-state index is 0. The van der Waals surface area contributed by atoms with Gasteiger partial charge in [0.25, 0.3) is 0 Å². The number of aromatic nitrogens is 1. The summed E-state index contributed by atoms with van der Waals surface area (Å²) < 4.78 is 2.08. The van der Waals surface area contributed by atoms with Crippen LogP contribution in [0.2, 0.25) is 0 Å². The third kappa shape index (κ3) is 4.30. The molecule has 72 valence electrons. The first-order valence-electron chi connectivity index (χ1n) is 4.10. The van der Waals surface area contributed by atoms with Crippen LogP contribution in [0.25, 0.3) is 0 Å². The maximum atomic E-state index is 5.42. The Morgan fingerprint density at radius 1 is 1.38 bits per heavy atom. The van der Waals surface area contributed by atoms with E-state index in [-0.39, 0.29) is 12.4 Å². The zero-order chi connectivity index (χ0) is 8.81. The van der Waals surface area contributed by atoms with Crippen LogP contribution in [-0.2, 0) is 13.0 Å². The molecule has 1 nitrogen and oxygen atoms in total. The number of allylic oxidation sites excluding steroid dienone is 1. The van der Waals surface area contributed by atoms with Gasteiger partial charge in [-0.1, -0.05) is 18.5 Å². The number of nitrogens with zero attached hydrogens (tertiary/aromatic N) is 1. The van der Waals surface area contributed by atoms with Crippen molar-refractivity contribution in [2.75, 3.05) is 0 Å². The molecule has 0 fully saturated rings. The van der Waals surface area contributed by atoms with Crippen molar-refractivity contribution in [3.8, 4) is 0 Å². The second-order valence-corrected chi connectivity index (χ2v) is 2.87. The Morgan fingerprint density at radius 3 is 2.46 bits per heavy atom. The van der Waals surface area contributed by atoms with E-state index in [0.717, 1.165) is 13.0 Å². The van der Waals surface area contributed by atoms with Gasteiger partial charge in [0, 0.05) is 17.7 Å². The Hall–Kier alpha value is -0.530. The monoisotopic (exact) mass is 217 g/mol. The van der Waals surface area contributed by atoms with Gasteiger partial charge in [0.2, 0.25) is 0 Å². The summed E-state index contributed by atoms with van der Waals surface area (Å²) in [5.41, 5.74) is 2.90. The Kier molecular flexibility index (Phi) is 6.65. The second-order valence-electron chi connectivity index (χ2n) is 2.62.